The lowest BCUT2D eigenvalue weighted by Gasteiger charge is -2.15. The zero-order valence-corrected chi connectivity index (χ0v) is 19.2. The SMILES string of the molecule is CC(=O)NCc1ccc(-c2csc(NC(=O)c3cc4c(s3)-c3ccccc3CC4)n2)s1. The van der Waals surface area contributed by atoms with Gasteiger partial charge in [0.25, 0.3) is 5.91 Å². The normalized spacial score (nSPS) is 12.2. The van der Waals surface area contributed by atoms with Crippen molar-refractivity contribution in [2.75, 3.05) is 5.32 Å². The van der Waals surface area contributed by atoms with Crippen LogP contribution in [0, 0.1) is 0 Å². The van der Waals surface area contributed by atoms with Gasteiger partial charge >= 0.3 is 0 Å². The number of benzene rings is 1. The number of carbonyl (C=O) groups excluding carboxylic acids is 2. The first-order chi connectivity index (χ1) is 15.1. The number of hydrogen-bond acceptors (Lipinski definition) is 6. The molecule has 2 N–H and O–H groups in total. The van der Waals surface area contributed by atoms with E-state index in [1.54, 1.807) is 22.7 Å². The summed E-state index contributed by atoms with van der Waals surface area (Å²) in [5, 5.41) is 8.29. The van der Waals surface area contributed by atoms with E-state index in [1.165, 1.54) is 39.8 Å². The molecule has 0 saturated heterocycles. The number of hydrogen-bond donors (Lipinski definition) is 2. The Bertz CT molecular complexity index is 1280. The summed E-state index contributed by atoms with van der Waals surface area (Å²) < 4.78 is 0. The Morgan fingerprint density at radius 1 is 1.06 bits per heavy atom. The van der Waals surface area contributed by atoms with E-state index in [4.69, 9.17) is 0 Å². The lowest BCUT2D eigenvalue weighted by molar-refractivity contribution is -0.119. The summed E-state index contributed by atoms with van der Waals surface area (Å²) >= 11 is 4.56. The topological polar surface area (TPSA) is 71.1 Å². The molecule has 8 heteroatoms. The Balaban J connectivity index is 1.30. The molecule has 5 rings (SSSR count). The van der Waals surface area contributed by atoms with Crippen molar-refractivity contribution in [1.29, 1.82) is 0 Å². The molecule has 0 fully saturated rings. The third kappa shape index (κ3) is 4.19. The lowest BCUT2D eigenvalue weighted by Crippen LogP contribution is -2.17. The number of aromatic nitrogens is 1. The molecule has 0 saturated carbocycles. The van der Waals surface area contributed by atoms with E-state index in [9.17, 15) is 9.59 Å². The van der Waals surface area contributed by atoms with Crippen LogP contribution in [-0.4, -0.2) is 16.8 Å². The van der Waals surface area contributed by atoms with Crippen molar-refractivity contribution in [2.24, 2.45) is 0 Å². The van der Waals surface area contributed by atoms with Crippen LogP contribution >= 0.6 is 34.0 Å². The monoisotopic (exact) mass is 465 g/mol. The summed E-state index contributed by atoms with van der Waals surface area (Å²) in [4.78, 5) is 32.5. The van der Waals surface area contributed by atoms with Crippen molar-refractivity contribution in [2.45, 2.75) is 26.3 Å². The molecule has 0 bridgehead atoms. The van der Waals surface area contributed by atoms with Crippen LogP contribution in [0.25, 0.3) is 21.0 Å². The predicted molar refractivity (Wildman–Crippen MR) is 128 cm³/mol. The van der Waals surface area contributed by atoms with Gasteiger partial charge in [-0.3, -0.25) is 14.9 Å². The molecule has 3 aromatic heterocycles. The smallest absolute Gasteiger partial charge is 0.267 e. The lowest BCUT2D eigenvalue weighted by atomic mass is 9.91. The minimum atomic E-state index is -0.115. The first-order valence-corrected chi connectivity index (χ1v) is 12.4. The maximum Gasteiger partial charge on any atom is 0.267 e. The highest BCUT2D eigenvalue weighted by atomic mass is 32.1. The van der Waals surface area contributed by atoms with E-state index in [1.807, 2.05) is 23.6 Å². The summed E-state index contributed by atoms with van der Waals surface area (Å²) in [6, 6.07) is 14.4. The molecule has 0 atom stereocenters. The number of nitrogens with one attached hydrogen (secondary N) is 2. The Hall–Kier alpha value is -2.81. The Morgan fingerprint density at radius 3 is 2.77 bits per heavy atom. The highest BCUT2D eigenvalue weighted by Crippen LogP contribution is 2.40. The zero-order valence-electron chi connectivity index (χ0n) is 16.7. The molecule has 1 aliphatic carbocycles. The van der Waals surface area contributed by atoms with Gasteiger partial charge in [0.15, 0.2) is 5.13 Å². The van der Waals surface area contributed by atoms with Crippen molar-refractivity contribution >= 4 is 51.0 Å². The fourth-order valence-electron chi connectivity index (χ4n) is 3.61. The molecule has 4 aromatic rings. The fraction of sp³-hybridized carbons (Fsp3) is 0.174. The number of nitrogens with zero attached hydrogens (tertiary/aromatic N) is 1. The van der Waals surface area contributed by atoms with Crippen molar-refractivity contribution < 1.29 is 9.59 Å². The molecule has 3 heterocycles. The molecule has 0 aliphatic heterocycles. The predicted octanol–water partition coefficient (Wildman–Crippen LogP) is 5.59. The van der Waals surface area contributed by atoms with Crippen molar-refractivity contribution in [3.63, 3.8) is 0 Å². The van der Waals surface area contributed by atoms with Crippen LogP contribution in [0.1, 0.15) is 32.6 Å². The average Bonchev–Trinajstić information content (AvgIpc) is 3.51. The number of rotatable bonds is 5. The number of carbonyl (C=O) groups is 2. The van der Waals surface area contributed by atoms with Crippen LogP contribution in [0.3, 0.4) is 0 Å². The summed E-state index contributed by atoms with van der Waals surface area (Å²) in [7, 11) is 0. The number of thiazole rings is 1. The molecule has 2 amide bonds. The highest BCUT2D eigenvalue weighted by molar-refractivity contribution is 7.18. The number of amides is 2. The minimum Gasteiger partial charge on any atom is -0.351 e. The zero-order chi connectivity index (χ0) is 21.4. The van der Waals surface area contributed by atoms with Crippen LogP contribution < -0.4 is 10.6 Å². The van der Waals surface area contributed by atoms with Gasteiger partial charge in [0.2, 0.25) is 5.91 Å². The largest absolute Gasteiger partial charge is 0.351 e. The number of fused-ring (bicyclic) bond motifs is 3. The Kier molecular flexibility index (Phi) is 5.43. The first-order valence-electron chi connectivity index (χ1n) is 9.88. The van der Waals surface area contributed by atoms with Crippen molar-refractivity contribution in [3.8, 4) is 21.0 Å². The van der Waals surface area contributed by atoms with Gasteiger partial charge in [0.1, 0.15) is 0 Å². The van der Waals surface area contributed by atoms with E-state index < -0.39 is 0 Å². The van der Waals surface area contributed by atoms with Gasteiger partial charge in [-0.25, -0.2) is 4.98 Å². The van der Waals surface area contributed by atoms with Gasteiger partial charge in [-0.1, -0.05) is 24.3 Å². The molecule has 1 aliphatic rings. The van der Waals surface area contributed by atoms with Gasteiger partial charge in [-0.05, 0) is 47.7 Å². The minimum absolute atomic E-state index is 0.0487. The van der Waals surface area contributed by atoms with Gasteiger partial charge < -0.3 is 5.32 Å². The van der Waals surface area contributed by atoms with Gasteiger partial charge in [0.05, 0.1) is 22.0 Å². The van der Waals surface area contributed by atoms with Crippen LogP contribution in [-0.2, 0) is 24.2 Å². The van der Waals surface area contributed by atoms with E-state index in [2.05, 4.69) is 39.9 Å². The van der Waals surface area contributed by atoms with E-state index >= 15 is 0 Å². The average molecular weight is 466 g/mol. The first kappa shape index (κ1) is 20.1. The second-order valence-corrected chi connectivity index (χ2v) is 10.4. The molecule has 5 nitrogen and oxygen atoms in total. The second kappa shape index (κ2) is 8.37. The summed E-state index contributed by atoms with van der Waals surface area (Å²) in [5.41, 5.74) is 4.68. The molecule has 1 aromatic carbocycles. The summed E-state index contributed by atoms with van der Waals surface area (Å²) in [5.74, 6) is -0.164. The highest BCUT2D eigenvalue weighted by Gasteiger charge is 2.22. The Labute approximate surface area is 191 Å². The van der Waals surface area contributed by atoms with Gasteiger partial charge in [-0.15, -0.1) is 34.0 Å². The fourth-order valence-corrected chi connectivity index (χ4v) is 6.46. The molecule has 31 heavy (non-hydrogen) atoms. The number of aryl methyl sites for hydroxylation is 2. The third-order valence-electron chi connectivity index (χ3n) is 5.11. The maximum atomic E-state index is 12.9. The molecule has 156 valence electrons. The maximum absolute atomic E-state index is 12.9. The van der Waals surface area contributed by atoms with Crippen molar-refractivity contribution in [3.05, 3.63) is 68.7 Å². The Morgan fingerprint density at radius 2 is 1.90 bits per heavy atom. The number of thiophene rings is 2. The van der Waals surface area contributed by atoms with Crippen molar-refractivity contribution in [1.82, 2.24) is 10.3 Å². The van der Waals surface area contributed by atoms with Crippen LogP contribution in [0.2, 0.25) is 0 Å². The van der Waals surface area contributed by atoms with Gasteiger partial charge in [-0.2, -0.15) is 0 Å². The summed E-state index contributed by atoms with van der Waals surface area (Å²) in [6.45, 7) is 2.02. The van der Waals surface area contributed by atoms with Crippen LogP contribution in [0.4, 0.5) is 5.13 Å². The number of anilines is 1. The molecule has 0 spiro atoms. The van der Waals surface area contributed by atoms with E-state index in [0.29, 0.717) is 16.6 Å². The van der Waals surface area contributed by atoms with E-state index in [0.717, 1.165) is 28.3 Å². The van der Waals surface area contributed by atoms with E-state index in [-0.39, 0.29) is 11.8 Å². The molecular formula is C23H19N3O2S3. The molecular weight excluding hydrogens is 446 g/mol. The molecule has 0 unspecified atom stereocenters. The summed E-state index contributed by atoms with van der Waals surface area (Å²) in [6.07, 6.45) is 1.98. The quantitative estimate of drug-likeness (QED) is 0.404. The molecule has 0 radical (unpaired) electrons. The van der Waals surface area contributed by atoms with Gasteiger partial charge in [0, 0.05) is 22.1 Å². The third-order valence-corrected chi connectivity index (χ3v) is 8.18. The van der Waals surface area contributed by atoms with Crippen LogP contribution in [0.15, 0.2) is 47.8 Å². The van der Waals surface area contributed by atoms with Crippen LogP contribution in [0.5, 0.6) is 0 Å². The second-order valence-electron chi connectivity index (χ2n) is 7.29. The standard InChI is InChI=1S/C23H19N3O2S3/c1-13(27)24-11-16-8-9-19(30-16)18-12-29-23(25-18)26-22(28)20-10-15-7-6-14-4-2-3-5-17(14)21(15)31-20/h2-5,8-10,12H,6-7,11H2,1H3,(H,24,27)(H,25,26,28).